The average molecular weight is 538 g/mol. The minimum absolute atomic E-state index is 0.230. The van der Waals surface area contributed by atoms with Crippen molar-refractivity contribution in [2.45, 2.75) is 19.3 Å². The Morgan fingerprint density at radius 2 is 1.40 bits per heavy atom. The van der Waals surface area contributed by atoms with Gasteiger partial charge in [-0.05, 0) is 100.0 Å². The second kappa shape index (κ2) is 9.19. The number of nitrogens with zero attached hydrogens (tertiary/aromatic N) is 1. The fourth-order valence-corrected chi connectivity index (χ4v) is 7.29. The number of allylic oxidation sites excluding steroid dienone is 9. The number of aromatic nitrogens is 1. The first-order valence-electron chi connectivity index (χ1n) is 14.7. The summed E-state index contributed by atoms with van der Waals surface area (Å²) in [5, 5.41) is 5.16. The van der Waals surface area contributed by atoms with Gasteiger partial charge in [-0.2, -0.15) is 0 Å². The van der Waals surface area contributed by atoms with Crippen molar-refractivity contribution in [3.63, 3.8) is 0 Å². The summed E-state index contributed by atoms with van der Waals surface area (Å²) < 4.78 is 2.32. The number of hydrogen-bond acceptors (Lipinski definition) is 0. The summed E-state index contributed by atoms with van der Waals surface area (Å²) >= 11 is 0. The highest BCUT2D eigenvalue weighted by Crippen LogP contribution is 2.55. The fraction of sp³-hybridized carbons (Fsp3) is 0.0732. The van der Waals surface area contributed by atoms with Crippen LogP contribution in [0.4, 0.5) is 0 Å². The predicted octanol–water partition coefficient (Wildman–Crippen LogP) is 10.9. The van der Waals surface area contributed by atoms with Crippen molar-refractivity contribution >= 4 is 38.3 Å². The Kier molecular flexibility index (Phi) is 5.39. The highest BCUT2D eigenvalue weighted by Gasteiger charge is 2.41. The summed E-state index contributed by atoms with van der Waals surface area (Å²) in [5.41, 5.74) is 12.5. The fourth-order valence-electron chi connectivity index (χ4n) is 7.29. The SMILES string of the molecule is C=C/C(=C\C=C/C)n1c2ccccc2c2cc(-c3ccc4c(c3)C3(C=CC=C3)c3cc(C)c5ccccc5c3-4)ccc21. The highest BCUT2D eigenvalue weighted by molar-refractivity contribution is 6.12. The van der Waals surface area contributed by atoms with Gasteiger partial charge in [-0.3, -0.25) is 0 Å². The van der Waals surface area contributed by atoms with Gasteiger partial charge in [0, 0.05) is 16.5 Å². The Bertz CT molecular complexity index is 2220. The average Bonchev–Trinajstić information content (AvgIpc) is 3.72. The van der Waals surface area contributed by atoms with Crippen LogP contribution < -0.4 is 0 Å². The lowest BCUT2D eigenvalue weighted by Gasteiger charge is -2.24. The van der Waals surface area contributed by atoms with Crippen LogP contribution in [0.3, 0.4) is 0 Å². The van der Waals surface area contributed by atoms with Crippen molar-refractivity contribution < 1.29 is 0 Å². The molecule has 0 atom stereocenters. The van der Waals surface area contributed by atoms with Crippen molar-refractivity contribution in [1.82, 2.24) is 4.57 Å². The van der Waals surface area contributed by atoms with Gasteiger partial charge in [0.05, 0.1) is 16.4 Å². The maximum atomic E-state index is 4.12. The van der Waals surface area contributed by atoms with E-state index in [1.54, 1.807) is 0 Å². The van der Waals surface area contributed by atoms with Crippen LogP contribution >= 0.6 is 0 Å². The van der Waals surface area contributed by atoms with E-state index in [-0.39, 0.29) is 5.41 Å². The van der Waals surface area contributed by atoms with E-state index in [2.05, 4.69) is 146 Å². The molecule has 2 aliphatic rings. The number of rotatable bonds is 4. The van der Waals surface area contributed by atoms with Gasteiger partial charge in [-0.1, -0.05) is 110 Å². The molecule has 6 aromatic rings. The second-order valence-corrected chi connectivity index (χ2v) is 11.4. The molecule has 1 spiro atoms. The molecule has 42 heavy (non-hydrogen) atoms. The molecule has 0 amide bonds. The van der Waals surface area contributed by atoms with Gasteiger partial charge in [0.25, 0.3) is 0 Å². The molecule has 0 radical (unpaired) electrons. The Labute approximate surface area is 246 Å². The van der Waals surface area contributed by atoms with E-state index in [1.165, 1.54) is 71.5 Å². The lowest BCUT2D eigenvalue weighted by molar-refractivity contribution is 0.858. The molecule has 1 nitrogen and oxygen atoms in total. The molecule has 1 aromatic heterocycles. The van der Waals surface area contributed by atoms with E-state index in [4.69, 9.17) is 0 Å². The Morgan fingerprint density at radius 1 is 0.714 bits per heavy atom. The third-order valence-corrected chi connectivity index (χ3v) is 9.19. The largest absolute Gasteiger partial charge is 0.309 e. The monoisotopic (exact) mass is 537 g/mol. The Hall–Kier alpha value is -5.14. The van der Waals surface area contributed by atoms with Gasteiger partial charge in [0.15, 0.2) is 0 Å². The molecule has 5 aromatic carbocycles. The molecule has 0 saturated heterocycles. The van der Waals surface area contributed by atoms with Crippen LogP contribution in [-0.4, -0.2) is 4.57 Å². The normalized spacial score (nSPS) is 15.0. The number of aryl methyl sites for hydroxylation is 1. The topological polar surface area (TPSA) is 4.93 Å². The molecule has 200 valence electrons. The van der Waals surface area contributed by atoms with Crippen LogP contribution in [0.5, 0.6) is 0 Å². The van der Waals surface area contributed by atoms with Crippen molar-refractivity contribution in [3.05, 3.63) is 163 Å². The maximum Gasteiger partial charge on any atom is 0.0581 e. The summed E-state index contributed by atoms with van der Waals surface area (Å²) in [7, 11) is 0. The third kappa shape index (κ3) is 3.31. The summed E-state index contributed by atoms with van der Waals surface area (Å²) in [4.78, 5) is 0. The van der Waals surface area contributed by atoms with Gasteiger partial charge in [-0.15, -0.1) is 0 Å². The van der Waals surface area contributed by atoms with Crippen molar-refractivity contribution in [3.8, 4) is 22.3 Å². The summed E-state index contributed by atoms with van der Waals surface area (Å²) in [6.07, 6.45) is 17.3. The van der Waals surface area contributed by atoms with E-state index >= 15 is 0 Å². The molecule has 1 heteroatoms. The van der Waals surface area contributed by atoms with Crippen LogP contribution in [0.15, 0.2) is 146 Å². The van der Waals surface area contributed by atoms with Crippen LogP contribution in [0.1, 0.15) is 23.6 Å². The quantitative estimate of drug-likeness (QED) is 0.197. The van der Waals surface area contributed by atoms with Crippen LogP contribution in [0, 0.1) is 6.92 Å². The molecule has 0 fully saturated rings. The molecule has 0 unspecified atom stereocenters. The van der Waals surface area contributed by atoms with E-state index in [1.807, 2.05) is 19.1 Å². The summed E-state index contributed by atoms with van der Waals surface area (Å²) in [6, 6.07) is 33.9. The van der Waals surface area contributed by atoms with Gasteiger partial charge in [0.2, 0.25) is 0 Å². The Morgan fingerprint density at radius 3 is 2.19 bits per heavy atom. The van der Waals surface area contributed by atoms with Crippen LogP contribution in [0.25, 0.3) is 60.5 Å². The minimum atomic E-state index is -0.230. The number of para-hydroxylation sites is 1. The standard InChI is InChI=1S/C41H31N/c1-4-6-13-30(5-2)42-38-17-10-9-15-32(38)35-25-28(19-21-39(35)42)29-18-20-34-36(26-29)41(22-11-12-23-41)37-24-27(3)31-14-7-8-16-33(31)40(34)37/h4-26H,2H2,1,3H3/b6-4-,30-13+. The van der Waals surface area contributed by atoms with Crippen molar-refractivity contribution in [2.75, 3.05) is 0 Å². The maximum absolute atomic E-state index is 4.12. The molecule has 0 N–H and O–H groups in total. The minimum Gasteiger partial charge on any atom is -0.309 e. The third-order valence-electron chi connectivity index (χ3n) is 9.19. The first-order chi connectivity index (χ1) is 20.6. The molecular formula is C41H31N. The first-order valence-corrected chi connectivity index (χ1v) is 14.7. The van der Waals surface area contributed by atoms with Crippen LogP contribution in [-0.2, 0) is 5.41 Å². The predicted molar refractivity (Wildman–Crippen MR) is 181 cm³/mol. The Balaban J connectivity index is 1.35. The molecule has 1 heterocycles. The summed E-state index contributed by atoms with van der Waals surface area (Å²) in [5.74, 6) is 0. The molecule has 8 rings (SSSR count). The molecular weight excluding hydrogens is 506 g/mol. The first kappa shape index (κ1) is 24.6. The van der Waals surface area contributed by atoms with E-state index in [0.717, 1.165) is 5.70 Å². The van der Waals surface area contributed by atoms with E-state index < -0.39 is 0 Å². The van der Waals surface area contributed by atoms with Gasteiger partial charge in [0.1, 0.15) is 0 Å². The zero-order valence-corrected chi connectivity index (χ0v) is 23.9. The summed E-state index contributed by atoms with van der Waals surface area (Å²) in [6.45, 7) is 8.40. The molecule has 0 bridgehead atoms. The second-order valence-electron chi connectivity index (χ2n) is 11.4. The molecule has 2 aliphatic carbocycles. The molecule has 0 saturated carbocycles. The van der Waals surface area contributed by atoms with Crippen molar-refractivity contribution in [1.29, 1.82) is 0 Å². The highest BCUT2D eigenvalue weighted by atomic mass is 15.0. The lowest BCUT2D eigenvalue weighted by Crippen LogP contribution is -2.17. The zero-order chi connectivity index (χ0) is 28.4. The number of fused-ring (bicyclic) bond motifs is 10. The van der Waals surface area contributed by atoms with E-state index in [0.29, 0.717) is 0 Å². The van der Waals surface area contributed by atoms with Gasteiger partial charge in [-0.25, -0.2) is 0 Å². The van der Waals surface area contributed by atoms with Crippen molar-refractivity contribution in [2.24, 2.45) is 0 Å². The smallest absolute Gasteiger partial charge is 0.0581 e. The van der Waals surface area contributed by atoms with Gasteiger partial charge >= 0.3 is 0 Å². The number of benzene rings is 5. The number of hydrogen-bond donors (Lipinski definition) is 0. The lowest BCUT2D eigenvalue weighted by atomic mass is 9.78. The van der Waals surface area contributed by atoms with Gasteiger partial charge < -0.3 is 4.57 Å². The van der Waals surface area contributed by atoms with E-state index in [9.17, 15) is 0 Å². The zero-order valence-electron chi connectivity index (χ0n) is 23.9. The van der Waals surface area contributed by atoms with Crippen LogP contribution in [0.2, 0.25) is 0 Å². The molecule has 0 aliphatic heterocycles.